The van der Waals surface area contributed by atoms with Crippen LogP contribution in [0.4, 0.5) is 0 Å². The third kappa shape index (κ3) is 13.4. The summed E-state index contributed by atoms with van der Waals surface area (Å²) in [5.41, 5.74) is 1.15. The molecule has 1 rings (SSSR count). The number of halogens is 1. The summed E-state index contributed by atoms with van der Waals surface area (Å²) in [4.78, 5) is 11.9. The summed E-state index contributed by atoms with van der Waals surface area (Å²) in [5, 5.41) is 3.01. The van der Waals surface area contributed by atoms with Crippen LogP contribution in [0.2, 0.25) is 0 Å². The van der Waals surface area contributed by atoms with Gasteiger partial charge in [0.15, 0.2) is 0 Å². The van der Waals surface area contributed by atoms with Gasteiger partial charge in [0.25, 0.3) is 0 Å². The number of rotatable bonds is 16. The number of nitrogens with one attached hydrogen (secondary N) is 1. The highest BCUT2D eigenvalue weighted by atomic mass is 79.9. The topological polar surface area (TPSA) is 29.1 Å². The van der Waals surface area contributed by atoms with Gasteiger partial charge in [0.1, 0.15) is 0 Å². The summed E-state index contributed by atoms with van der Waals surface area (Å²) < 4.78 is 1.07. The minimum Gasteiger partial charge on any atom is -0.352 e. The summed E-state index contributed by atoms with van der Waals surface area (Å²) in [6.07, 6.45) is 18.1. The van der Waals surface area contributed by atoms with E-state index in [1.54, 1.807) is 0 Å². The summed E-state index contributed by atoms with van der Waals surface area (Å²) in [5.74, 6) is 0.177. The van der Waals surface area contributed by atoms with Crippen LogP contribution in [0.25, 0.3) is 0 Å². The second-order valence-corrected chi connectivity index (χ2v) is 8.31. The van der Waals surface area contributed by atoms with E-state index < -0.39 is 0 Å². The molecule has 2 nitrogen and oxygen atoms in total. The van der Waals surface area contributed by atoms with E-state index in [0.717, 1.165) is 16.5 Å². The molecule has 1 amide bonds. The molecule has 0 saturated heterocycles. The van der Waals surface area contributed by atoms with Crippen molar-refractivity contribution in [1.82, 2.24) is 5.32 Å². The van der Waals surface area contributed by atoms with Crippen molar-refractivity contribution in [1.29, 1.82) is 0 Å². The van der Waals surface area contributed by atoms with Crippen LogP contribution in [0.3, 0.4) is 0 Å². The van der Waals surface area contributed by atoms with Crippen molar-refractivity contribution in [2.75, 3.05) is 0 Å². The van der Waals surface area contributed by atoms with Gasteiger partial charge < -0.3 is 5.32 Å². The van der Waals surface area contributed by atoms with E-state index in [4.69, 9.17) is 0 Å². The van der Waals surface area contributed by atoms with E-state index in [0.29, 0.717) is 13.0 Å². The molecule has 1 N–H and O–H groups in total. The quantitative estimate of drug-likeness (QED) is 0.273. The molecule has 0 saturated carbocycles. The maximum absolute atomic E-state index is 11.9. The molecule has 26 heavy (non-hydrogen) atoms. The van der Waals surface area contributed by atoms with Crippen LogP contribution in [0.1, 0.15) is 102 Å². The zero-order chi connectivity index (χ0) is 18.9. The molecule has 3 heteroatoms. The van der Waals surface area contributed by atoms with Crippen LogP contribution < -0.4 is 5.32 Å². The number of hydrogen-bond acceptors (Lipinski definition) is 1. The fraction of sp³-hybridized carbons (Fsp3) is 0.696. The van der Waals surface area contributed by atoms with Crippen LogP contribution in [-0.2, 0) is 11.3 Å². The number of amides is 1. The Hall–Kier alpha value is -0.830. The lowest BCUT2D eigenvalue weighted by atomic mass is 10.0. The second-order valence-electron chi connectivity index (χ2n) is 7.40. The number of unbranched alkanes of at least 4 members (excludes halogenated alkanes) is 12. The van der Waals surface area contributed by atoms with Gasteiger partial charge >= 0.3 is 0 Å². The van der Waals surface area contributed by atoms with Gasteiger partial charge in [-0.3, -0.25) is 4.79 Å². The Labute approximate surface area is 169 Å². The molecule has 148 valence electrons. The van der Waals surface area contributed by atoms with Gasteiger partial charge in [0, 0.05) is 17.4 Å². The fourth-order valence-electron chi connectivity index (χ4n) is 3.19. The summed E-state index contributed by atoms with van der Waals surface area (Å²) >= 11 is 3.42. The van der Waals surface area contributed by atoms with Gasteiger partial charge in [0.05, 0.1) is 0 Å². The lowest BCUT2D eigenvalue weighted by Crippen LogP contribution is -2.22. The van der Waals surface area contributed by atoms with Gasteiger partial charge in [-0.15, -0.1) is 0 Å². The predicted octanol–water partition coefficient (Wildman–Crippen LogP) is 7.55. The van der Waals surface area contributed by atoms with Crippen LogP contribution in [-0.4, -0.2) is 5.91 Å². The molecule has 0 heterocycles. The van der Waals surface area contributed by atoms with Crippen molar-refractivity contribution in [3.8, 4) is 0 Å². The second kappa shape index (κ2) is 16.4. The Balaban J connectivity index is 1.83. The Morgan fingerprint density at radius 2 is 1.23 bits per heavy atom. The maximum atomic E-state index is 11.9. The van der Waals surface area contributed by atoms with E-state index in [1.807, 2.05) is 24.3 Å². The monoisotopic (exact) mass is 423 g/mol. The molecule has 0 aliphatic carbocycles. The first-order chi connectivity index (χ1) is 12.7. The highest BCUT2D eigenvalue weighted by molar-refractivity contribution is 9.10. The molecule has 0 atom stereocenters. The largest absolute Gasteiger partial charge is 0.352 e. The van der Waals surface area contributed by atoms with Gasteiger partial charge in [-0.25, -0.2) is 0 Å². The van der Waals surface area contributed by atoms with Crippen molar-refractivity contribution < 1.29 is 4.79 Å². The van der Waals surface area contributed by atoms with Gasteiger partial charge in [-0.1, -0.05) is 112 Å². The molecule has 1 aromatic rings. The highest BCUT2D eigenvalue weighted by Crippen LogP contribution is 2.13. The van der Waals surface area contributed by atoms with Gasteiger partial charge in [0.2, 0.25) is 5.91 Å². The van der Waals surface area contributed by atoms with Crippen LogP contribution in [0.5, 0.6) is 0 Å². The molecule has 0 radical (unpaired) electrons. The summed E-state index contributed by atoms with van der Waals surface area (Å²) in [6.45, 7) is 2.90. The Bertz CT molecular complexity index is 458. The maximum Gasteiger partial charge on any atom is 0.220 e. The minimum atomic E-state index is 0.177. The van der Waals surface area contributed by atoms with Crippen LogP contribution in [0, 0.1) is 0 Å². The Morgan fingerprint density at radius 1 is 0.769 bits per heavy atom. The molecular formula is C23H38BrNO. The van der Waals surface area contributed by atoms with E-state index in [-0.39, 0.29) is 5.91 Å². The molecule has 0 bridgehead atoms. The molecule has 0 unspecified atom stereocenters. The molecule has 0 spiro atoms. The zero-order valence-electron chi connectivity index (χ0n) is 16.7. The molecule has 0 aromatic heterocycles. The third-order valence-corrected chi connectivity index (χ3v) is 5.44. The van der Waals surface area contributed by atoms with E-state index in [1.165, 1.54) is 77.0 Å². The highest BCUT2D eigenvalue weighted by Gasteiger charge is 2.01. The Kier molecular flexibility index (Phi) is 14.6. The van der Waals surface area contributed by atoms with E-state index in [9.17, 15) is 4.79 Å². The standard InChI is InChI=1S/C23H38BrNO/c1-2-3-4-5-6-7-8-9-10-11-12-13-14-15-23(26)25-20-21-16-18-22(24)19-17-21/h16-19H,2-15,20H2,1H3,(H,25,26). The Morgan fingerprint density at radius 3 is 1.73 bits per heavy atom. The lowest BCUT2D eigenvalue weighted by molar-refractivity contribution is -0.121. The van der Waals surface area contributed by atoms with Gasteiger partial charge in [-0.05, 0) is 24.1 Å². The third-order valence-electron chi connectivity index (χ3n) is 4.91. The molecular weight excluding hydrogens is 386 g/mol. The normalized spacial score (nSPS) is 10.8. The first-order valence-corrected chi connectivity index (χ1v) is 11.5. The smallest absolute Gasteiger partial charge is 0.220 e. The van der Waals surface area contributed by atoms with Crippen molar-refractivity contribution >= 4 is 21.8 Å². The van der Waals surface area contributed by atoms with Crippen LogP contribution >= 0.6 is 15.9 Å². The van der Waals surface area contributed by atoms with E-state index >= 15 is 0 Å². The van der Waals surface area contributed by atoms with Crippen molar-refractivity contribution in [3.05, 3.63) is 34.3 Å². The lowest BCUT2D eigenvalue weighted by Gasteiger charge is -2.06. The minimum absolute atomic E-state index is 0.177. The molecule has 0 fully saturated rings. The van der Waals surface area contributed by atoms with Crippen molar-refractivity contribution in [2.24, 2.45) is 0 Å². The number of hydrogen-bond donors (Lipinski definition) is 1. The number of carbonyl (C=O) groups is 1. The van der Waals surface area contributed by atoms with Crippen molar-refractivity contribution in [2.45, 2.75) is 103 Å². The molecule has 0 aliphatic heterocycles. The van der Waals surface area contributed by atoms with Gasteiger partial charge in [-0.2, -0.15) is 0 Å². The van der Waals surface area contributed by atoms with Crippen molar-refractivity contribution in [3.63, 3.8) is 0 Å². The average molecular weight is 424 g/mol. The van der Waals surface area contributed by atoms with E-state index in [2.05, 4.69) is 28.2 Å². The fourth-order valence-corrected chi connectivity index (χ4v) is 3.46. The predicted molar refractivity (Wildman–Crippen MR) is 116 cm³/mol. The summed E-state index contributed by atoms with van der Waals surface area (Å²) in [7, 11) is 0. The summed E-state index contributed by atoms with van der Waals surface area (Å²) in [6, 6.07) is 8.09. The van der Waals surface area contributed by atoms with Crippen LogP contribution in [0.15, 0.2) is 28.7 Å². The first kappa shape index (κ1) is 23.2. The number of carbonyl (C=O) groups excluding carboxylic acids is 1. The molecule has 0 aliphatic rings. The first-order valence-electron chi connectivity index (χ1n) is 10.7. The number of benzene rings is 1. The molecule has 1 aromatic carbocycles. The zero-order valence-corrected chi connectivity index (χ0v) is 18.3. The SMILES string of the molecule is CCCCCCCCCCCCCCCC(=O)NCc1ccc(Br)cc1. The average Bonchev–Trinajstić information content (AvgIpc) is 2.65.